The minimum atomic E-state index is -0.690. The molecule has 1 heterocycles. The molecule has 7 heteroatoms. The number of nitrogens with zero attached hydrogens (tertiary/aromatic N) is 2. The molecule has 0 unspecified atom stereocenters. The van der Waals surface area contributed by atoms with E-state index in [-0.39, 0.29) is 16.7 Å². The predicted molar refractivity (Wildman–Crippen MR) is 68.6 cm³/mol. The number of fused-ring (bicyclic) bond motifs is 1. The maximum absolute atomic E-state index is 13.7. The van der Waals surface area contributed by atoms with Gasteiger partial charge in [-0.25, -0.2) is 14.1 Å². The number of hydrogen-bond acceptors (Lipinski definition) is 4. The second kappa shape index (κ2) is 4.77. The van der Waals surface area contributed by atoms with Crippen molar-refractivity contribution < 1.29 is 9.18 Å². The van der Waals surface area contributed by atoms with Gasteiger partial charge in [-0.15, -0.1) is 0 Å². The third-order valence-corrected chi connectivity index (χ3v) is 2.55. The summed E-state index contributed by atoms with van der Waals surface area (Å²) in [6, 6.07) is 3.55. The minimum Gasteiger partial charge on any atom is -0.322 e. The van der Waals surface area contributed by atoms with Gasteiger partial charge in [-0.2, -0.15) is 0 Å². The summed E-state index contributed by atoms with van der Waals surface area (Å²) in [5, 5.41) is -0.180. The van der Waals surface area contributed by atoms with Crippen molar-refractivity contribution in [2.75, 3.05) is 5.43 Å². The molecule has 1 aromatic carbocycles. The highest BCUT2D eigenvalue weighted by Crippen LogP contribution is 2.14. The quantitative estimate of drug-likeness (QED) is 0.833. The lowest BCUT2D eigenvalue weighted by Gasteiger charge is -2.15. The molecule has 0 aliphatic rings. The first-order valence-electron chi connectivity index (χ1n) is 5.66. The third-order valence-electron chi connectivity index (χ3n) is 2.55. The Morgan fingerprint density at radius 2 is 2.21 bits per heavy atom. The van der Waals surface area contributed by atoms with Gasteiger partial charge < -0.3 is 5.73 Å². The van der Waals surface area contributed by atoms with Gasteiger partial charge in [0.2, 0.25) is 5.91 Å². The Labute approximate surface area is 108 Å². The van der Waals surface area contributed by atoms with Crippen molar-refractivity contribution in [3.8, 4) is 0 Å². The number of nitrogens with one attached hydrogen (secondary N) is 1. The topological polar surface area (TPSA) is 90.0 Å². The standard InChI is InChI=1S/C12H13FN4O2/c1-6(14)11-15-9-5-3-4-8(13)10(9)12(19)17(11)16-7(2)18/h3-6H,14H2,1-2H3,(H,16,18)/t6-/m0/s1. The molecule has 0 radical (unpaired) electrons. The summed E-state index contributed by atoms with van der Waals surface area (Å²) in [7, 11) is 0. The highest BCUT2D eigenvalue weighted by Gasteiger charge is 2.17. The Balaban J connectivity index is 2.86. The molecule has 0 saturated heterocycles. The van der Waals surface area contributed by atoms with Crippen LogP contribution in [0.15, 0.2) is 23.0 Å². The van der Waals surface area contributed by atoms with E-state index in [0.29, 0.717) is 0 Å². The van der Waals surface area contributed by atoms with E-state index in [4.69, 9.17) is 5.73 Å². The fourth-order valence-corrected chi connectivity index (χ4v) is 1.78. The summed E-state index contributed by atoms with van der Waals surface area (Å²) < 4.78 is 14.6. The number of nitrogens with two attached hydrogens (primary N) is 1. The summed E-state index contributed by atoms with van der Waals surface area (Å²) in [5.41, 5.74) is 7.54. The number of amides is 1. The van der Waals surface area contributed by atoms with Crippen LogP contribution >= 0.6 is 0 Å². The molecule has 1 aromatic heterocycles. The summed E-state index contributed by atoms with van der Waals surface area (Å²) in [6.07, 6.45) is 0. The summed E-state index contributed by atoms with van der Waals surface area (Å²) >= 11 is 0. The van der Waals surface area contributed by atoms with Crippen LogP contribution in [-0.2, 0) is 4.79 Å². The molecule has 3 N–H and O–H groups in total. The number of rotatable bonds is 2. The van der Waals surface area contributed by atoms with Crippen LogP contribution in [0.2, 0.25) is 0 Å². The second-order valence-electron chi connectivity index (χ2n) is 4.20. The van der Waals surface area contributed by atoms with Crippen molar-refractivity contribution in [2.24, 2.45) is 5.73 Å². The van der Waals surface area contributed by atoms with E-state index in [9.17, 15) is 14.0 Å². The van der Waals surface area contributed by atoms with Crippen LogP contribution in [0.3, 0.4) is 0 Å². The van der Waals surface area contributed by atoms with E-state index in [1.54, 1.807) is 6.92 Å². The van der Waals surface area contributed by atoms with E-state index in [1.165, 1.54) is 19.1 Å². The SMILES string of the molecule is CC(=O)Nn1c([C@H](C)N)nc2cccc(F)c2c1=O. The number of carbonyl (C=O) groups excluding carboxylic acids is 1. The summed E-state index contributed by atoms with van der Waals surface area (Å²) in [6.45, 7) is 2.86. The molecule has 19 heavy (non-hydrogen) atoms. The van der Waals surface area contributed by atoms with E-state index >= 15 is 0 Å². The van der Waals surface area contributed by atoms with Crippen LogP contribution in [-0.4, -0.2) is 15.6 Å². The molecular weight excluding hydrogens is 251 g/mol. The number of hydrogen-bond donors (Lipinski definition) is 2. The Bertz CT molecular complexity index is 709. The Kier molecular flexibility index (Phi) is 3.30. The molecule has 0 spiro atoms. The molecule has 2 rings (SSSR count). The summed E-state index contributed by atoms with van der Waals surface area (Å²) in [4.78, 5) is 27.5. The lowest BCUT2D eigenvalue weighted by atomic mass is 10.2. The molecule has 100 valence electrons. The van der Waals surface area contributed by atoms with Crippen LogP contribution in [0.5, 0.6) is 0 Å². The lowest BCUT2D eigenvalue weighted by Crippen LogP contribution is -2.37. The Morgan fingerprint density at radius 3 is 2.79 bits per heavy atom. The third kappa shape index (κ3) is 2.32. The van der Waals surface area contributed by atoms with Crippen molar-refractivity contribution in [1.82, 2.24) is 9.66 Å². The minimum absolute atomic E-state index is 0.165. The average Bonchev–Trinajstić information content (AvgIpc) is 2.31. The molecule has 2 aromatic rings. The first-order valence-corrected chi connectivity index (χ1v) is 5.66. The van der Waals surface area contributed by atoms with E-state index in [2.05, 4.69) is 10.4 Å². The van der Waals surface area contributed by atoms with Crippen LogP contribution in [0.25, 0.3) is 10.9 Å². The lowest BCUT2D eigenvalue weighted by molar-refractivity contribution is -0.115. The van der Waals surface area contributed by atoms with E-state index in [0.717, 1.165) is 10.7 Å². The zero-order valence-electron chi connectivity index (χ0n) is 10.5. The zero-order chi connectivity index (χ0) is 14.2. The smallest absolute Gasteiger partial charge is 0.283 e. The molecule has 6 nitrogen and oxygen atoms in total. The number of carbonyl (C=O) groups is 1. The predicted octanol–water partition coefficient (Wildman–Crippen LogP) is 0.645. The molecular formula is C12H13FN4O2. The largest absolute Gasteiger partial charge is 0.322 e. The van der Waals surface area contributed by atoms with Gasteiger partial charge in [0.1, 0.15) is 17.0 Å². The number of benzene rings is 1. The molecule has 0 bridgehead atoms. The van der Waals surface area contributed by atoms with Crippen molar-refractivity contribution in [3.05, 3.63) is 40.2 Å². The molecule has 0 fully saturated rings. The molecule has 1 amide bonds. The van der Waals surface area contributed by atoms with Gasteiger partial charge in [0.25, 0.3) is 5.56 Å². The zero-order valence-corrected chi connectivity index (χ0v) is 10.5. The van der Waals surface area contributed by atoms with Crippen LogP contribution < -0.4 is 16.7 Å². The van der Waals surface area contributed by atoms with Crippen molar-refractivity contribution in [3.63, 3.8) is 0 Å². The maximum atomic E-state index is 13.7. The first kappa shape index (κ1) is 13.2. The Hall–Kier alpha value is -2.28. The molecule has 0 aliphatic carbocycles. The average molecular weight is 264 g/mol. The Morgan fingerprint density at radius 1 is 1.53 bits per heavy atom. The number of aromatic nitrogens is 2. The van der Waals surface area contributed by atoms with Gasteiger partial charge >= 0.3 is 0 Å². The van der Waals surface area contributed by atoms with Crippen molar-refractivity contribution in [1.29, 1.82) is 0 Å². The highest BCUT2D eigenvalue weighted by atomic mass is 19.1. The van der Waals surface area contributed by atoms with Gasteiger partial charge in [0.05, 0.1) is 11.6 Å². The van der Waals surface area contributed by atoms with Crippen molar-refractivity contribution in [2.45, 2.75) is 19.9 Å². The van der Waals surface area contributed by atoms with E-state index in [1.807, 2.05) is 0 Å². The normalized spacial score (nSPS) is 12.4. The van der Waals surface area contributed by atoms with Gasteiger partial charge in [-0.05, 0) is 19.1 Å². The van der Waals surface area contributed by atoms with Crippen LogP contribution in [0.4, 0.5) is 4.39 Å². The van der Waals surface area contributed by atoms with Gasteiger partial charge in [-0.3, -0.25) is 15.0 Å². The van der Waals surface area contributed by atoms with Gasteiger partial charge in [0, 0.05) is 6.92 Å². The monoisotopic (exact) mass is 264 g/mol. The van der Waals surface area contributed by atoms with Gasteiger partial charge in [0.15, 0.2) is 0 Å². The van der Waals surface area contributed by atoms with Crippen LogP contribution in [0.1, 0.15) is 25.7 Å². The maximum Gasteiger partial charge on any atom is 0.283 e. The van der Waals surface area contributed by atoms with Gasteiger partial charge in [-0.1, -0.05) is 6.07 Å². The molecule has 0 saturated carbocycles. The first-order chi connectivity index (χ1) is 8.91. The van der Waals surface area contributed by atoms with Crippen LogP contribution in [0, 0.1) is 5.82 Å². The second-order valence-corrected chi connectivity index (χ2v) is 4.20. The van der Waals surface area contributed by atoms with Crippen molar-refractivity contribution >= 4 is 16.8 Å². The number of halogens is 1. The molecule has 1 atom stereocenters. The highest BCUT2D eigenvalue weighted by molar-refractivity contribution is 5.82. The summed E-state index contributed by atoms with van der Waals surface area (Å²) in [5.74, 6) is -0.995. The fourth-order valence-electron chi connectivity index (χ4n) is 1.78. The van der Waals surface area contributed by atoms with E-state index < -0.39 is 23.3 Å². The fraction of sp³-hybridized carbons (Fsp3) is 0.250. The molecule has 0 aliphatic heterocycles.